The van der Waals surface area contributed by atoms with Crippen molar-refractivity contribution in [3.8, 4) is 0 Å². The first-order valence-electron chi connectivity index (χ1n) is 8.83. The lowest BCUT2D eigenvalue weighted by atomic mass is 10.2. The molecule has 7 heteroatoms. The van der Waals surface area contributed by atoms with Crippen LogP contribution in [0.1, 0.15) is 17.7 Å². The van der Waals surface area contributed by atoms with Gasteiger partial charge in [-0.05, 0) is 30.5 Å². The average molecular weight is 342 g/mol. The summed E-state index contributed by atoms with van der Waals surface area (Å²) in [5, 5.41) is 7.18. The van der Waals surface area contributed by atoms with Crippen molar-refractivity contribution in [3.05, 3.63) is 48.0 Å². The number of aromatic nitrogens is 3. The van der Waals surface area contributed by atoms with Gasteiger partial charge in [0.25, 0.3) is 0 Å². The van der Waals surface area contributed by atoms with Gasteiger partial charge in [0.05, 0.1) is 11.9 Å². The fraction of sp³-hybridized carbons (Fsp3) is 0.500. The predicted octanol–water partition coefficient (Wildman–Crippen LogP) is 1.28. The number of aryl methyl sites for hydroxylation is 2. The molecule has 7 nitrogen and oxygen atoms in total. The Morgan fingerprint density at radius 2 is 2.08 bits per heavy atom. The minimum atomic E-state index is 0.0451. The van der Waals surface area contributed by atoms with Crippen molar-refractivity contribution in [1.82, 2.24) is 29.9 Å². The molecule has 0 bridgehead atoms. The zero-order valence-corrected chi connectivity index (χ0v) is 14.8. The lowest BCUT2D eigenvalue weighted by Gasteiger charge is -2.34. The molecule has 3 rings (SSSR count). The number of carbonyl (C=O) groups is 1. The first kappa shape index (κ1) is 17.4. The van der Waals surface area contributed by atoms with Crippen LogP contribution in [0.5, 0.6) is 0 Å². The van der Waals surface area contributed by atoms with Gasteiger partial charge in [-0.15, -0.1) is 0 Å². The molecular weight excluding hydrogens is 316 g/mol. The topological polar surface area (TPSA) is 66.3 Å². The van der Waals surface area contributed by atoms with E-state index in [0.717, 1.165) is 51.3 Å². The fourth-order valence-corrected chi connectivity index (χ4v) is 3.03. The molecule has 2 amide bonds. The molecule has 0 unspecified atom stereocenters. The lowest BCUT2D eigenvalue weighted by molar-refractivity contribution is 0.134. The zero-order chi connectivity index (χ0) is 17.5. The molecule has 0 aromatic carbocycles. The van der Waals surface area contributed by atoms with E-state index in [2.05, 4.69) is 20.3 Å². The van der Waals surface area contributed by atoms with Gasteiger partial charge in [0, 0.05) is 58.7 Å². The van der Waals surface area contributed by atoms with E-state index in [9.17, 15) is 4.79 Å². The number of nitrogens with one attached hydrogen (secondary N) is 1. The number of pyridine rings is 1. The summed E-state index contributed by atoms with van der Waals surface area (Å²) >= 11 is 0. The molecule has 0 spiro atoms. The van der Waals surface area contributed by atoms with E-state index in [4.69, 9.17) is 0 Å². The average Bonchev–Trinajstić information content (AvgIpc) is 3.05. The van der Waals surface area contributed by atoms with E-state index in [1.165, 1.54) is 5.56 Å². The van der Waals surface area contributed by atoms with Gasteiger partial charge in [-0.2, -0.15) is 5.10 Å². The highest BCUT2D eigenvalue weighted by Crippen LogP contribution is 2.07. The molecule has 2 aromatic rings. The number of amides is 2. The number of urea groups is 1. The quantitative estimate of drug-likeness (QED) is 0.803. The summed E-state index contributed by atoms with van der Waals surface area (Å²) in [6.45, 7) is 4.85. The van der Waals surface area contributed by atoms with Gasteiger partial charge < -0.3 is 10.2 Å². The van der Waals surface area contributed by atoms with Crippen molar-refractivity contribution in [1.29, 1.82) is 0 Å². The largest absolute Gasteiger partial charge is 0.338 e. The Balaban J connectivity index is 1.32. The summed E-state index contributed by atoms with van der Waals surface area (Å²) in [6.07, 6.45) is 7.58. The predicted molar refractivity (Wildman–Crippen MR) is 96.0 cm³/mol. The molecule has 1 N–H and O–H groups in total. The van der Waals surface area contributed by atoms with E-state index in [0.29, 0.717) is 6.54 Å². The molecule has 1 aliphatic rings. The molecule has 2 aromatic heterocycles. The third-order valence-corrected chi connectivity index (χ3v) is 4.45. The molecule has 0 radical (unpaired) electrons. The standard InChI is InChI=1S/C18H26N6O/c1-22-14-16(13-21-22)5-4-8-20-18(25)24-11-9-23(10-12-24)15-17-6-2-3-7-19-17/h2-3,6-7,13-14H,4-5,8-12,15H2,1H3,(H,20,25). The summed E-state index contributed by atoms with van der Waals surface area (Å²) in [5.74, 6) is 0. The van der Waals surface area contributed by atoms with Crippen molar-refractivity contribution < 1.29 is 4.79 Å². The number of nitrogens with zero attached hydrogens (tertiary/aromatic N) is 5. The molecule has 1 saturated heterocycles. The van der Waals surface area contributed by atoms with Crippen LogP contribution in [0.4, 0.5) is 4.79 Å². The first-order chi connectivity index (χ1) is 12.2. The number of piperazine rings is 1. The second-order valence-corrected chi connectivity index (χ2v) is 6.44. The van der Waals surface area contributed by atoms with Crippen LogP contribution in [0.3, 0.4) is 0 Å². The third-order valence-electron chi connectivity index (χ3n) is 4.45. The molecule has 25 heavy (non-hydrogen) atoms. The third kappa shape index (κ3) is 5.29. The summed E-state index contributed by atoms with van der Waals surface area (Å²) in [4.78, 5) is 20.9. The monoisotopic (exact) mass is 342 g/mol. The first-order valence-corrected chi connectivity index (χ1v) is 8.83. The highest BCUT2D eigenvalue weighted by Gasteiger charge is 2.20. The SMILES string of the molecule is Cn1cc(CCCNC(=O)N2CCN(Cc3ccccn3)CC2)cn1. The maximum atomic E-state index is 12.2. The Hall–Kier alpha value is -2.41. The van der Waals surface area contributed by atoms with Gasteiger partial charge in [-0.1, -0.05) is 6.07 Å². The van der Waals surface area contributed by atoms with Gasteiger partial charge in [0.1, 0.15) is 0 Å². The van der Waals surface area contributed by atoms with Crippen molar-refractivity contribution in [2.45, 2.75) is 19.4 Å². The summed E-state index contributed by atoms with van der Waals surface area (Å²) in [5.41, 5.74) is 2.29. The molecule has 1 aliphatic heterocycles. The van der Waals surface area contributed by atoms with Crippen molar-refractivity contribution in [3.63, 3.8) is 0 Å². The van der Waals surface area contributed by atoms with Crippen LogP contribution in [0.25, 0.3) is 0 Å². The van der Waals surface area contributed by atoms with Gasteiger partial charge in [-0.3, -0.25) is 14.6 Å². The minimum absolute atomic E-state index is 0.0451. The van der Waals surface area contributed by atoms with Crippen LogP contribution in [-0.4, -0.2) is 63.3 Å². The molecule has 1 fully saturated rings. The Morgan fingerprint density at radius 3 is 2.76 bits per heavy atom. The number of hydrogen-bond acceptors (Lipinski definition) is 4. The molecule has 3 heterocycles. The van der Waals surface area contributed by atoms with Crippen molar-refractivity contribution in [2.24, 2.45) is 7.05 Å². The van der Waals surface area contributed by atoms with Crippen LogP contribution in [0.2, 0.25) is 0 Å². The van der Waals surface area contributed by atoms with Gasteiger partial charge in [0.15, 0.2) is 0 Å². The zero-order valence-electron chi connectivity index (χ0n) is 14.8. The Morgan fingerprint density at radius 1 is 1.24 bits per heavy atom. The van der Waals surface area contributed by atoms with Crippen LogP contribution in [-0.2, 0) is 20.0 Å². The van der Waals surface area contributed by atoms with Crippen LogP contribution < -0.4 is 5.32 Å². The highest BCUT2D eigenvalue weighted by atomic mass is 16.2. The molecule has 0 aliphatic carbocycles. The summed E-state index contributed by atoms with van der Waals surface area (Å²) in [7, 11) is 1.92. The second kappa shape index (κ2) is 8.62. The highest BCUT2D eigenvalue weighted by molar-refractivity contribution is 5.74. The Labute approximate surface area is 148 Å². The molecule has 0 atom stereocenters. The summed E-state index contributed by atoms with van der Waals surface area (Å²) < 4.78 is 1.80. The number of rotatable bonds is 6. The van der Waals surface area contributed by atoms with Crippen LogP contribution in [0.15, 0.2) is 36.8 Å². The summed E-state index contributed by atoms with van der Waals surface area (Å²) in [6, 6.07) is 6.03. The molecular formula is C18H26N6O. The molecule has 134 valence electrons. The van der Waals surface area contributed by atoms with E-state index in [1.807, 2.05) is 48.7 Å². The van der Waals surface area contributed by atoms with Crippen molar-refractivity contribution >= 4 is 6.03 Å². The van der Waals surface area contributed by atoms with Gasteiger partial charge in [-0.25, -0.2) is 4.79 Å². The van der Waals surface area contributed by atoms with Crippen LogP contribution in [0, 0.1) is 0 Å². The van der Waals surface area contributed by atoms with E-state index >= 15 is 0 Å². The fourth-order valence-electron chi connectivity index (χ4n) is 3.03. The van der Waals surface area contributed by atoms with Crippen molar-refractivity contribution in [2.75, 3.05) is 32.7 Å². The van der Waals surface area contributed by atoms with Gasteiger partial charge in [0.2, 0.25) is 0 Å². The Kier molecular flexibility index (Phi) is 6.00. The lowest BCUT2D eigenvalue weighted by Crippen LogP contribution is -2.51. The van der Waals surface area contributed by atoms with Gasteiger partial charge >= 0.3 is 6.03 Å². The maximum absolute atomic E-state index is 12.2. The second-order valence-electron chi connectivity index (χ2n) is 6.44. The minimum Gasteiger partial charge on any atom is -0.338 e. The van der Waals surface area contributed by atoms with E-state index < -0.39 is 0 Å². The smallest absolute Gasteiger partial charge is 0.317 e. The van der Waals surface area contributed by atoms with E-state index in [-0.39, 0.29) is 6.03 Å². The van der Waals surface area contributed by atoms with Crippen LogP contribution >= 0.6 is 0 Å². The maximum Gasteiger partial charge on any atom is 0.317 e. The van der Waals surface area contributed by atoms with E-state index in [1.54, 1.807) is 4.68 Å². The normalized spacial score (nSPS) is 15.3. The number of carbonyl (C=O) groups excluding carboxylic acids is 1. The molecule has 0 saturated carbocycles. The number of hydrogen-bond donors (Lipinski definition) is 1. The Bertz CT molecular complexity index is 663.